The molecule has 2 aromatic carbocycles. The molecule has 0 bridgehead atoms. The SMILES string of the molecule is COc1ccc(C(OC(=O)/C=C/c2ccccc2)[C@H]2COC(=O)N2)cc1OC. The van der Waals surface area contributed by atoms with E-state index >= 15 is 0 Å². The zero-order valence-corrected chi connectivity index (χ0v) is 15.6. The van der Waals surface area contributed by atoms with Crippen molar-refractivity contribution in [2.24, 2.45) is 0 Å². The lowest BCUT2D eigenvalue weighted by molar-refractivity contribution is -0.144. The number of hydrogen-bond acceptors (Lipinski definition) is 6. The van der Waals surface area contributed by atoms with Crippen LogP contribution in [0.5, 0.6) is 11.5 Å². The van der Waals surface area contributed by atoms with Crippen molar-refractivity contribution in [2.75, 3.05) is 20.8 Å². The van der Waals surface area contributed by atoms with Crippen LogP contribution in [0.25, 0.3) is 6.08 Å². The monoisotopic (exact) mass is 383 g/mol. The Kier molecular flexibility index (Phi) is 6.16. The number of cyclic esters (lactones) is 1. The molecule has 1 aliphatic rings. The number of nitrogens with one attached hydrogen (secondary N) is 1. The first-order chi connectivity index (χ1) is 13.6. The van der Waals surface area contributed by atoms with Gasteiger partial charge >= 0.3 is 12.1 Å². The zero-order chi connectivity index (χ0) is 19.9. The van der Waals surface area contributed by atoms with Gasteiger partial charge in [-0.2, -0.15) is 0 Å². The number of hydrogen-bond donors (Lipinski definition) is 1. The largest absolute Gasteiger partial charge is 0.493 e. The third-order valence-corrected chi connectivity index (χ3v) is 4.25. The number of rotatable bonds is 7. The molecular formula is C21H21NO6. The molecule has 1 heterocycles. The minimum atomic E-state index is -0.751. The van der Waals surface area contributed by atoms with E-state index in [0.29, 0.717) is 17.1 Å². The number of benzene rings is 2. The van der Waals surface area contributed by atoms with Gasteiger partial charge in [0.2, 0.25) is 0 Å². The second kappa shape index (κ2) is 8.94. The zero-order valence-electron chi connectivity index (χ0n) is 15.6. The van der Waals surface area contributed by atoms with Crippen molar-refractivity contribution >= 4 is 18.1 Å². The van der Waals surface area contributed by atoms with Crippen molar-refractivity contribution in [3.63, 3.8) is 0 Å². The van der Waals surface area contributed by atoms with Gasteiger partial charge in [0.1, 0.15) is 12.6 Å². The molecule has 7 heteroatoms. The maximum Gasteiger partial charge on any atom is 0.407 e. The van der Waals surface area contributed by atoms with Crippen LogP contribution in [0.15, 0.2) is 54.6 Å². The summed E-state index contributed by atoms with van der Waals surface area (Å²) in [6.45, 7) is 0.0908. The van der Waals surface area contributed by atoms with Gasteiger partial charge in [0, 0.05) is 6.08 Å². The van der Waals surface area contributed by atoms with Crippen LogP contribution in [-0.4, -0.2) is 38.9 Å². The molecule has 1 amide bonds. The van der Waals surface area contributed by atoms with Crippen LogP contribution in [0.3, 0.4) is 0 Å². The number of esters is 1. The van der Waals surface area contributed by atoms with Crippen LogP contribution in [-0.2, 0) is 14.3 Å². The summed E-state index contributed by atoms with van der Waals surface area (Å²) in [5.41, 5.74) is 1.52. The number of amides is 1. The highest BCUT2D eigenvalue weighted by atomic mass is 16.6. The van der Waals surface area contributed by atoms with Gasteiger partial charge in [-0.3, -0.25) is 0 Å². The summed E-state index contributed by atoms with van der Waals surface area (Å²) in [5.74, 6) is 0.503. The maximum atomic E-state index is 12.4. The summed E-state index contributed by atoms with van der Waals surface area (Å²) in [6, 6.07) is 14.1. The third kappa shape index (κ3) is 4.62. The Morgan fingerprint density at radius 3 is 2.54 bits per heavy atom. The Labute approximate surface area is 162 Å². The molecule has 0 aliphatic carbocycles. The fraction of sp³-hybridized carbons (Fsp3) is 0.238. The average molecular weight is 383 g/mol. The lowest BCUT2D eigenvalue weighted by Gasteiger charge is -2.23. The van der Waals surface area contributed by atoms with Gasteiger partial charge in [0.15, 0.2) is 17.6 Å². The van der Waals surface area contributed by atoms with Crippen LogP contribution >= 0.6 is 0 Å². The molecule has 28 heavy (non-hydrogen) atoms. The van der Waals surface area contributed by atoms with E-state index in [2.05, 4.69) is 5.32 Å². The van der Waals surface area contributed by atoms with E-state index in [-0.39, 0.29) is 6.61 Å². The van der Waals surface area contributed by atoms with Gasteiger partial charge in [-0.15, -0.1) is 0 Å². The first kappa shape index (κ1) is 19.3. The smallest absolute Gasteiger partial charge is 0.407 e. The van der Waals surface area contributed by atoms with Crippen molar-refractivity contribution in [3.8, 4) is 11.5 Å². The van der Waals surface area contributed by atoms with E-state index in [1.54, 1.807) is 24.3 Å². The second-order valence-corrected chi connectivity index (χ2v) is 6.07. The van der Waals surface area contributed by atoms with Crippen LogP contribution in [0, 0.1) is 0 Å². The quantitative estimate of drug-likeness (QED) is 0.584. The number of alkyl carbamates (subject to hydrolysis) is 1. The molecule has 7 nitrogen and oxygen atoms in total. The van der Waals surface area contributed by atoms with Crippen molar-refractivity contribution in [1.29, 1.82) is 0 Å². The molecule has 0 saturated carbocycles. The molecular weight excluding hydrogens is 362 g/mol. The molecule has 1 aliphatic heterocycles. The first-order valence-corrected chi connectivity index (χ1v) is 8.69. The molecule has 146 valence electrons. The number of carbonyl (C=O) groups excluding carboxylic acids is 2. The highest BCUT2D eigenvalue weighted by Gasteiger charge is 2.34. The Bertz CT molecular complexity index is 864. The van der Waals surface area contributed by atoms with Gasteiger partial charge in [-0.1, -0.05) is 36.4 Å². The summed E-state index contributed by atoms with van der Waals surface area (Å²) in [5, 5.41) is 2.66. The molecule has 2 aromatic rings. The minimum absolute atomic E-state index is 0.0908. The van der Waals surface area contributed by atoms with E-state index in [4.69, 9.17) is 18.9 Å². The van der Waals surface area contributed by atoms with Crippen LogP contribution < -0.4 is 14.8 Å². The van der Waals surface area contributed by atoms with E-state index in [9.17, 15) is 9.59 Å². The average Bonchev–Trinajstić information content (AvgIpc) is 3.16. The van der Waals surface area contributed by atoms with Gasteiger partial charge in [-0.25, -0.2) is 9.59 Å². The van der Waals surface area contributed by atoms with Crippen LogP contribution in [0.2, 0.25) is 0 Å². The molecule has 1 N–H and O–H groups in total. The van der Waals surface area contributed by atoms with Crippen LogP contribution in [0.4, 0.5) is 4.79 Å². The molecule has 1 saturated heterocycles. The summed E-state index contributed by atoms with van der Waals surface area (Å²) in [7, 11) is 3.06. The first-order valence-electron chi connectivity index (χ1n) is 8.69. The summed E-state index contributed by atoms with van der Waals surface area (Å²) in [6.07, 6.45) is 1.71. The lowest BCUT2D eigenvalue weighted by Crippen LogP contribution is -2.35. The van der Waals surface area contributed by atoms with E-state index in [1.165, 1.54) is 20.3 Å². The van der Waals surface area contributed by atoms with Crippen molar-refractivity contribution in [2.45, 2.75) is 12.1 Å². The van der Waals surface area contributed by atoms with E-state index < -0.39 is 24.2 Å². The number of methoxy groups -OCH3 is 2. The molecule has 1 fully saturated rings. The Balaban J connectivity index is 1.82. The number of carbonyl (C=O) groups is 2. The van der Waals surface area contributed by atoms with Crippen LogP contribution in [0.1, 0.15) is 17.2 Å². The Morgan fingerprint density at radius 1 is 1.14 bits per heavy atom. The normalized spacial score (nSPS) is 16.9. The van der Waals surface area contributed by atoms with Crippen molar-refractivity contribution < 1.29 is 28.5 Å². The standard InChI is InChI=1S/C21H21NO6/c1-25-17-10-9-15(12-18(17)26-2)20(16-13-27-21(24)22-16)28-19(23)11-8-14-6-4-3-5-7-14/h3-12,16,20H,13H2,1-2H3,(H,22,24)/b11-8+/t16-,20?/m1/s1. The molecule has 0 spiro atoms. The fourth-order valence-corrected chi connectivity index (χ4v) is 2.87. The Morgan fingerprint density at radius 2 is 1.89 bits per heavy atom. The van der Waals surface area contributed by atoms with Crippen molar-refractivity contribution in [1.82, 2.24) is 5.32 Å². The summed E-state index contributed by atoms with van der Waals surface area (Å²) in [4.78, 5) is 23.9. The van der Waals surface area contributed by atoms with E-state index in [0.717, 1.165) is 5.56 Å². The predicted octanol–water partition coefficient (Wildman–Crippen LogP) is 3.11. The van der Waals surface area contributed by atoms with Gasteiger partial charge in [0.05, 0.1) is 14.2 Å². The highest BCUT2D eigenvalue weighted by Crippen LogP contribution is 2.33. The van der Waals surface area contributed by atoms with Crippen molar-refractivity contribution in [3.05, 3.63) is 65.7 Å². The maximum absolute atomic E-state index is 12.4. The Hall–Kier alpha value is -3.48. The van der Waals surface area contributed by atoms with Gasteiger partial charge in [-0.05, 0) is 29.3 Å². The lowest BCUT2D eigenvalue weighted by atomic mass is 10.0. The summed E-state index contributed by atoms with van der Waals surface area (Å²) >= 11 is 0. The molecule has 1 unspecified atom stereocenters. The topological polar surface area (TPSA) is 83.1 Å². The third-order valence-electron chi connectivity index (χ3n) is 4.25. The fourth-order valence-electron chi connectivity index (χ4n) is 2.87. The van der Waals surface area contributed by atoms with Gasteiger partial charge in [0.25, 0.3) is 0 Å². The number of ether oxygens (including phenoxy) is 4. The van der Waals surface area contributed by atoms with Gasteiger partial charge < -0.3 is 24.3 Å². The second-order valence-electron chi connectivity index (χ2n) is 6.07. The van der Waals surface area contributed by atoms with E-state index in [1.807, 2.05) is 30.3 Å². The molecule has 0 aromatic heterocycles. The highest BCUT2D eigenvalue weighted by molar-refractivity contribution is 5.87. The molecule has 0 radical (unpaired) electrons. The molecule has 3 rings (SSSR count). The predicted molar refractivity (Wildman–Crippen MR) is 102 cm³/mol. The molecule has 2 atom stereocenters. The summed E-state index contributed by atoms with van der Waals surface area (Å²) < 4.78 is 21.2. The minimum Gasteiger partial charge on any atom is -0.493 e.